The molecule has 5 heteroatoms. The first-order valence-corrected chi connectivity index (χ1v) is 6.51. The molecule has 1 heterocycles. The van der Waals surface area contributed by atoms with Gasteiger partial charge in [-0.2, -0.15) is 4.98 Å². The zero-order valence-electron chi connectivity index (χ0n) is 11.7. The van der Waals surface area contributed by atoms with E-state index < -0.39 is 0 Å². The van der Waals surface area contributed by atoms with E-state index >= 15 is 0 Å². The van der Waals surface area contributed by atoms with E-state index in [0.29, 0.717) is 23.0 Å². The van der Waals surface area contributed by atoms with Crippen molar-refractivity contribution in [2.75, 3.05) is 5.73 Å². The normalized spacial score (nSPS) is 10.8. The highest BCUT2D eigenvalue weighted by Gasteiger charge is 2.12. The first kappa shape index (κ1) is 13.3. The standard InChI is InChI=1S/C16H14FN3O/c1-9-5-12(8-13(17)6-9)15-19-16(21-20-15)11-3-4-14(18)10(2)7-11/h3-8H,18H2,1-2H3. The molecular weight excluding hydrogens is 269 g/mol. The van der Waals surface area contributed by atoms with Gasteiger partial charge in [0.1, 0.15) is 5.82 Å². The lowest BCUT2D eigenvalue weighted by molar-refractivity contribution is 0.432. The third kappa shape index (κ3) is 2.63. The first-order chi connectivity index (χ1) is 10.0. The quantitative estimate of drug-likeness (QED) is 0.727. The van der Waals surface area contributed by atoms with Crippen LogP contribution in [0.4, 0.5) is 10.1 Å². The van der Waals surface area contributed by atoms with Gasteiger partial charge in [0, 0.05) is 16.8 Å². The second-order valence-corrected chi connectivity index (χ2v) is 5.01. The van der Waals surface area contributed by atoms with Crippen molar-refractivity contribution in [3.8, 4) is 22.8 Å². The molecule has 3 aromatic rings. The SMILES string of the molecule is Cc1cc(F)cc(-c2noc(-c3ccc(N)c(C)c3)n2)c1. The maximum atomic E-state index is 13.4. The fourth-order valence-corrected chi connectivity index (χ4v) is 2.13. The molecule has 2 N–H and O–H groups in total. The maximum Gasteiger partial charge on any atom is 0.258 e. The molecule has 0 aliphatic carbocycles. The van der Waals surface area contributed by atoms with Gasteiger partial charge in [-0.3, -0.25) is 0 Å². The highest BCUT2D eigenvalue weighted by Crippen LogP contribution is 2.25. The number of anilines is 1. The Morgan fingerprint density at radius 3 is 2.57 bits per heavy atom. The Labute approximate surface area is 121 Å². The van der Waals surface area contributed by atoms with Crippen LogP contribution in [0, 0.1) is 19.7 Å². The molecule has 0 saturated heterocycles. The summed E-state index contributed by atoms with van der Waals surface area (Å²) in [6.45, 7) is 3.73. The number of nitrogens with two attached hydrogens (primary N) is 1. The predicted octanol–water partition coefficient (Wildman–Crippen LogP) is 3.74. The van der Waals surface area contributed by atoms with Crippen LogP contribution in [0.5, 0.6) is 0 Å². The molecule has 106 valence electrons. The summed E-state index contributed by atoms with van der Waals surface area (Å²) in [4.78, 5) is 4.32. The van der Waals surface area contributed by atoms with Crippen LogP contribution < -0.4 is 5.73 Å². The second kappa shape index (κ2) is 5.01. The molecule has 0 spiro atoms. The number of halogens is 1. The topological polar surface area (TPSA) is 64.9 Å². The van der Waals surface area contributed by atoms with Crippen LogP contribution in [0.1, 0.15) is 11.1 Å². The monoisotopic (exact) mass is 283 g/mol. The van der Waals surface area contributed by atoms with Crippen LogP contribution in [0.25, 0.3) is 22.8 Å². The van der Waals surface area contributed by atoms with Crippen molar-refractivity contribution in [3.05, 3.63) is 53.3 Å². The van der Waals surface area contributed by atoms with E-state index in [4.69, 9.17) is 10.3 Å². The summed E-state index contributed by atoms with van der Waals surface area (Å²) in [6.07, 6.45) is 0. The van der Waals surface area contributed by atoms with Gasteiger partial charge in [-0.05, 0) is 61.4 Å². The van der Waals surface area contributed by atoms with Crippen LogP contribution >= 0.6 is 0 Å². The summed E-state index contributed by atoms with van der Waals surface area (Å²) in [5, 5.41) is 3.91. The van der Waals surface area contributed by atoms with Crippen molar-refractivity contribution in [2.45, 2.75) is 13.8 Å². The molecule has 0 amide bonds. The highest BCUT2D eigenvalue weighted by atomic mass is 19.1. The maximum absolute atomic E-state index is 13.4. The van der Waals surface area contributed by atoms with Gasteiger partial charge in [-0.1, -0.05) is 5.16 Å². The van der Waals surface area contributed by atoms with E-state index in [0.717, 1.165) is 16.7 Å². The third-order valence-corrected chi connectivity index (χ3v) is 3.24. The van der Waals surface area contributed by atoms with Crippen LogP contribution in [0.15, 0.2) is 40.9 Å². The molecule has 0 fully saturated rings. The minimum atomic E-state index is -0.320. The van der Waals surface area contributed by atoms with E-state index in [-0.39, 0.29) is 5.82 Å². The van der Waals surface area contributed by atoms with E-state index in [1.165, 1.54) is 12.1 Å². The Bertz CT molecular complexity index is 791. The number of rotatable bonds is 2. The van der Waals surface area contributed by atoms with Crippen molar-refractivity contribution >= 4 is 5.69 Å². The Morgan fingerprint density at radius 2 is 1.86 bits per heavy atom. The summed E-state index contributed by atoms with van der Waals surface area (Å²) >= 11 is 0. The number of benzene rings is 2. The summed E-state index contributed by atoms with van der Waals surface area (Å²) < 4.78 is 18.7. The third-order valence-electron chi connectivity index (χ3n) is 3.24. The van der Waals surface area contributed by atoms with Crippen LogP contribution in [0.2, 0.25) is 0 Å². The number of nitrogens with zero attached hydrogens (tertiary/aromatic N) is 2. The van der Waals surface area contributed by atoms with E-state index in [9.17, 15) is 4.39 Å². The Kier molecular flexibility index (Phi) is 3.17. The fraction of sp³-hybridized carbons (Fsp3) is 0.125. The lowest BCUT2D eigenvalue weighted by Gasteiger charge is -2.00. The second-order valence-electron chi connectivity index (χ2n) is 5.01. The molecular formula is C16H14FN3O. The van der Waals surface area contributed by atoms with Gasteiger partial charge >= 0.3 is 0 Å². The molecule has 0 bridgehead atoms. The molecule has 0 atom stereocenters. The largest absolute Gasteiger partial charge is 0.399 e. The van der Waals surface area contributed by atoms with Crippen molar-refractivity contribution < 1.29 is 8.91 Å². The molecule has 0 saturated carbocycles. The smallest absolute Gasteiger partial charge is 0.258 e. The lowest BCUT2D eigenvalue weighted by atomic mass is 10.1. The summed E-state index contributed by atoms with van der Waals surface area (Å²) in [6, 6.07) is 10.1. The number of hydrogen-bond donors (Lipinski definition) is 1. The van der Waals surface area contributed by atoms with Crippen LogP contribution in [-0.2, 0) is 0 Å². The highest BCUT2D eigenvalue weighted by molar-refractivity contribution is 5.63. The molecule has 0 aliphatic heterocycles. The zero-order chi connectivity index (χ0) is 15.0. The van der Waals surface area contributed by atoms with Crippen molar-refractivity contribution in [1.82, 2.24) is 10.1 Å². The first-order valence-electron chi connectivity index (χ1n) is 6.51. The van der Waals surface area contributed by atoms with Crippen LogP contribution in [0.3, 0.4) is 0 Å². The summed E-state index contributed by atoms with van der Waals surface area (Å²) in [5.41, 5.74) is 9.62. The predicted molar refractivity (Wildman–Crippen MR) is 79.0 cm³/mol. The minimum absolute atomic E-state index is 0.320. The number of hydrogen-bond acceptors (Lipinski definition) is 4. The summed E-state index contributed by atoms with van der Waals surface area (Å²) in [7, 11) is 0. The summed E-state index contributed by atoms with van der Waals surface area (Å²) in [5.74, 6) is 0.428. The lowest BCUT2D eigenvalue weighted by Crippen LogP contribution is -1.89. The Hall–Kier alpha value is -2.69. The van der Waals surface area contributed by atoms with Crippen molar-refractivity contribution in [3.63, 3.8) is 0 Å². The Balaban J connectivity index is 2.01. The molecule has 0 unspecified atom stereocenters. The van der Waals surface area contributed by atoms with Gasteiger partial charge in [0.25, 0.3) is 5.89 Å². The molecule has 1 aromatic heterocycles. The zero-order valence-corrected chi connectivity index (χ0v) is 11.7. The van der Waals surface area contributed by atoms with Gasteiger partial charge in [-0.15, -0.1) is 0 Å². The van der Waals surface area contributed by atoms with E-state index in [1.54, 1.807) is 6.07 Å². The number of aromatic nitrogens is 2. The molecule has 0 radical (unpaired) electrons. The Morgan fingerprint density at radius 1 is 1.05 bits per heavy atom. The van der Waals surface area contributed by atoms with Crippen LogP contribution in [-0.4, -0.2) is 10.1 Å². The molecule has 3 rings (SSSR count). The minimum Gasteiger partial charge on any atom is -0.399 e. The van der Waals surface area contributed by atoms with Gasteiger partial charge in [0.05, 0.1) is 0 Å². The fourth-order valence-electron chi connectivity index (χ4n) is 2.13. The molecule has 21 heavy (non-hydrogen) atoms. The van der Waals surface area contributed by atoms with Gasteiger partial charge in [0.15, 0.2) is 0 Å². The number of aryl methyl sites for hydroxylation is 2. The average Bonchev–Trinajstić information content (AvgIpc) is 2.90. The molecule has 0 aliphatic rings. The van der Waals surface area contributed by atoms with Gasteiger partial charge in [-0.25, -0.2) is 4.39 Å². The molecule has 4 nitrogen and oxygen atoms in total. The van der Waals surface area contributed by atoms with Crippen molar-refractivity contribution in [2.24, 2.45) is 0 Å². The number of nitrogen functional groups attached to an aromatic ring is 1. The van der Waals surface area contributed by atoms with Crippen molar-refractivity contribution in [1.29, 1.82) is 0 Å². The average molecular weight is 283 g/mol. The van der Waals surface area contributed by atoms with E-state index in [1.807, 2.05) is 32.0 Å². The van der Waals surface area contributed by atoms with Gasteiger partial charge in [0.2, 0.25) is 5.82 Å². The molecule has 2 aromatic carbocycles. The van der Waals surface area contributed by atoms with E-state index in [2.05, 4.69) is 10.1 Å². The van der Waals surface area contributed by atoms with Gasteiger partial charge < -0.3 is 10.3 Å².